The van der Waals surface area contributed by atoms with Gasteiger partial charge < -0.3 is 14.6 Å². The van der Waals surface area contributed by atoms with Gasteiger partial charge in [-0.3, -0.25) is 10.1 Å². The van der Waals surface area contributed by atoms with E-state index in [1.807, 2.05) is 27.7 Å². The normalized spacial score (nSPS) is 12.2. The molecule has 0 bridgehead atoms. The molecule has 0 spiro atoms. The Balaban J connectivity index is 3.06. The highest BCUT2D eigenvalue weighted by Crippen LogP contribution is 2.31. The molecule has 118 valence electrons. The number of hydrogen-bond donors (Lipinski definition) is 2. The number of benzene rings is 1. The lowest BCUT2D eigenvalue weighted by Crippen LogP contribution is -2.33. The molecule has 1 rings (SSSR count). The van der Waals surface area contributed by atoms with Gasteiger partial charge in [-0.05, 0) is 44.9 Å². The number of nitrogens with one attached hydrogen (secondary N) is 1. The summed E-state index contributed by atoms with van der Waals surface area (Å²) in [6.45, 7) is 8.85. The molecule has 0 amide bonds. The first-order chi connectivity index (χ1) is 9.99. The lowest BCUT2D eigenvalue weighted by molar-refractivity contribution is -0.139. The number of carbonyl (C=O) groups is 1. The molecule has 0 saturated carbocycles. The minimum atomic E-state index is -0.909. The third-order valence-electron chi connectivity index (χ3n) is 2.81. The molecule has 1 aromatic carbocycles. The van der Waals surface area contributed by atoms with E-state index in [0.717, 1.165) is 6.42 Å². The highest BCUT2D eigenvalue weighted by Gasteiger charge is 2.22. The van der Waals surface area contributed by atoms with Crippen LogP contribution in [0.15, 0.2) is 18.2 Å². The number of hydrogen-bond acceptors (Lipinski definition) is 4. The van der Waals surface area contributed by atoms with Gasteiger partial charge in [-0.2, -0.15) is 0 Å². The van der Waals surface area contributed by atoms with Gasteiger partial charge in [0.05, 0.1) is 13.2 Å². The van der Waals surface area contributed by atoms with Crippen molar-refractivity contribution in [2.45, 2.75) is 46.2 Å². The smallest absolute Gasteiger partial charge is 0.325 e. The summed E-state index contributed by atoms with van der Waals surface area (Å²) in [5.74, 6) is 0.324. The van der Waals surface area contributed by atoms with Crippen LogP contribution < -0.4 is 14.8 Å². The van der Waals surface area contributed by atoms with E-state index in [4.69, 9.17) is 9.47 Å². The monoisotopic (exact) mass is 295 g/mol. The second-order valence-electron chi connectivity index (χ2n) is 5.08. The van der Waals surface area contributed by atoms with Gasteiger partial charge in [0, 0.05) is 6.04 Å². The predicted molar refractivity (Wildman–Crippen MR) is 82.0 cm³/mol. The van der Waals surface area contributed by atoms with Gasteiger partial charge in [0.1, 0.15) is 6.04 Å². The van der Waals surface area contributed by atoms with E-state index in [1.165, 1.54) is 0 Å². The minimum Gasteiger partial charge on any atom is -0.490 e. The largest absolute Gasteiger partial charge is 0.490 e. The average Bonchev–Trinajstić information content (AvgIpc) is 2.43. The zero-order valence-corrected chi connectivity index (χ0v) is 13.2. The topological polar surface area (TPSA) is 67.8 Å². The molecule has 21 heavy (non-hydrogen) atoms. The molecule has 1 atom stereocenters. The van der Waals surface area contributed by atoms with Crippen LogP contribution >= 0.6 is 0 Å². The summed E-state index contributed by atoms with van der Waals surface area (Å²) >= 11 is 0. The molecule has 0 radical (unpaired) electrons. The van der Waals surface area contributed by atoms with Gasteiger partial charge >= 0.3 is 5.97 Å². The van der Waals surface area contributed by atoms with Crippen LogP contribution in [-0.4, -0.2) is 30.3 Å². The number of carboxylic acids is 1. The molecule has 0 aromatic heterocycles. The molecule has 0 fully saturated rings. The van der Waals surface area contributed by atoms with Crippen LogP contribution in [0.25, 0.3) is 0 Å². The fraction of sp³-hybridized carbons (Fsp3) is 0.562. The van der Waals surface area contributed by atoms with E-state index in [1.54, 1.807) is 18.2 Å². The molecule has 0 saturated heterocycles. The molecule has 1 aromatic rings. The average molecular weight is 295 g/mol. The van der Waals surface area contributed by atoms with Gasteiger partial charge in [-0.25, -0.2) is 0 Å². The maximum Gasteiger partial charge on any atom is 0.325 e. The lowest BCUT2D eigenvalue weighted by atomic mass is 10.1. The molecular weight excluding hydrogens is 270 g/mol. The van der Waals surface area contributed by atoms with Crippen LogP contribution in [-0.2, 0) is 4.79 Å². The van der Waals surface area contributed by atoms with E-state index in [9.17, 15) is 9.90 Å². The Bertz CT molecular complexity index is 460. The Morgan fingerprint density at radius 3 is 2.48 bits per heavy atom. The summed E-state index contributed by atoms with van der Waals surface area (Å²) in [5, 5.41) is 12.4. The molecule has 0 heterocycles. The minimum absolute atomic E-state index is 0.0673. The van der Waals surface area contributed by atoms with Crippen molar-refractivity contribution in [2.24, 2.45) is 0 Å². The van der Waals surface area contributed by atoms with Crippen molar-refractivity contribution in [1.29, 1.82) is 0 Å². The SMILES string of the molecule is CCCOc1ccc(C(NC(C)C)C(=O)O)cc1OCC. The molecular formula is C16H25NO4. The summed E-state index contributed by atoms with van der Waals surface area (Å²) in [4.78, 5) is 11.4. The highest BCUT2D eigenvalue weighted by atomic mass is 16.5. The van der Waals surface area contributed by atoms with Crippen LogP contribution in [0.1, 0.15) is 45.7 Å². The summed E-state index contributed by atoms with van der Waals surface area (Å²) < 4.78 is 11.2. The molecule has 5 heteroatoms. The molecule has 2 N–H and O–H groups in total. The Kier molecular flexibility index (Phi) is 7.02. The van der Waals surface area contributed by atoms with Crippen LogP contribution in [0.4, 0.5) is 0 Å². The van der Waals surface area contributed by atoms with Crippen molar-refractivity contribution in [1.82, 2.24) is 5.32 Å². The Morgan fingerprint density at radius 2 is 1.95 bits per heavy atom. The van der Waals surface area contributed by atoms with Crippen molar-refractivity contribution in [3.63, 3.8) is 0 Å². The van der Waals surface area contributed by atoms with E-state index in [2.05, 4.69) is 5.32 Å². The third-order valence-corrected chi connectivity index (χ3v) is 2.81. The quantitative estimate of drug-likeness (QED) is 0.733. The first-order valence-electron chi connectivity index (χ1n) is 7.37. The predicted octanol–water partition coefficient (Wildman–Crippen LogP) is 3.00. The van der Waals surface area contributed by atoms with Gasteiger partial charge in [0.2, 0.25) is 0 Å². The molecule has 0 aliphatic carbocycles. The summed E-state index contributed by atoms with van der Waals surface area (Å²) in [6, 6.07) is 4.58. The lowest BCUT2D eigenvalue weighted by Gasteiger charge is -2.19. The number of ether oxygens (including phenoxy) is 2. The zero-order valence-electron chi connectivity index (χ0n) is 13.2. The van der Waals surface area contributed by atoms with Gasteiger partial charge in [-0.15, -0.1) is 0 Å². The van der Waals surface area contributed by atoms with E-state index >= 15 is 0 Å². The Labute approximate surface area is 126 Å². The number of aliphatic carboxylic acids is 1. The van der Waals surface area contributed by atoms with Crippen LogP contribution in [0, 0.1) is 0 Å². The molecule has 1 unspecified atom stereocenters. The standard InChI is InChI=1S/C16H25NO4/c1-5-9-21-13-8-7-12(10-14(13)20-6-2)15(16(18)19)17-11(3)4/h7-8,10-11,15,17H,5-6,9H2,1-4H3,(H,18,19). The van der Waals surface area contributed by atoms with Crippen molar-refractivity contribution >= 4 is 5.97 Å². The first kappa shape index (κ1) is 17.3. The van der Waals surface area contributed by atoms with Crippen LogP contribution in [0.2, 0.25) is 0 Å². The number of rotatable bonds is 9. The van der Waals surface area contributed by atoms with Crippen molar-refractivity contribution in [3.8, 4) is 11.5 Å². The Hall–Kier alpha value is -1.75. The number of carboxylic acid groups (broad SMARTS) is 1. The van der Waals surface area contributed by atoms with Crippen LogP contribution in [0.5, 0.6) is 11.5 Å². The second kappa shape index (κ2) is 8.52. The molecule has 5 nitrogen and oxygen atoms in total. The maximum atomic E-state index is 11.4. The van der Waals surface area contributed by atoms with Crippen molar-refractivity contribution in [3.05, 3.63) is 23.8 Å². The molecule has 0 aliphatic rings. The fourth-order valence-corrected chi connectivity index (χ4v) is 1.95. The van der Waals surface area contributed by atoms with Gasteiger partial charge in [0.25, 0.3) is 0 Å². The Morgan fingerprint density at radius 1 is 1.24 bits per heavy atom. The van der Waals surface area contributed by atoms with Crippen LogP contribution in [0.3, 0.4) is 0 Å². The van der Waals surface area contributed by atoms with E-state index < -0.39 is 12.0 Å². The maximum absolute atomic E-state index is 11.4. The van der Waals surface area contributed by atoms with Gasteiger partial charge in [-0.1, -0.05) is 13.0 Å². The zero-order chi connectivity index (χ0) is 15.8. The second-order valence-corrected chi connectivity index (χ2v) is 5.08. The highest BCUT2D eigenvalue weighted by molar-refractivity contribution is 5.76. The molecule has 0 aliphatic heterocycles. The summed E-state index contributed by atoms with van der Waals surface area (Å²) in [6.07, 6.45) is 0.903. The van der Waals surface area contributed by atoms with Crippen molar-refractivity contribution in [2.75, 3.05) is 13.2 Å². The van der Waals surface area contributed by atoms with Gasteiger partial charge in [0.15, 0.2) is 11.5 Å². The fourth-order valence-electron chi connectivity index (χ4n) is 1.95. The van der Waals surface area contributed by atoms with E-state index in [0.29, 0.717) is 30.3 Å². The summed E-state index contributed by atoms with van der Waals surface area (Å²) in [5.41, 5.74) is 0.656. The first-order valence-corrected chi connectivity index (χ1v) is 7.37. The van der Waals surface area contributed by atoms with E-state index in [-0.39, 0.29) is 6.04 Å². The van der Waals surface area contributed by atoms with Crippen molar-refractivity contribution < 1.29 is 19.4 Å². The summed E-state index contributed by atoms with van der Waals surface area (Å²) in [7, 11) is 0. The third kappa shape index (κ3) is 5.27.